The zero-order chi connectivity index (χ0) is 18.9. The van der Waals surface area contributed by atoms with Crippen LogP contribution < -0.4 is 10.9 Å². The van der Waals surface area contributed by atoms with Crippen molar-refractivity contribution in [1.29, 1.82) is 0 Å². The molecule has 0 radical (unpaired) electrons. The van der Waals surface area contributed by atoms with Crippen molar-refractivity contribution < 1.29 is 9.53 Å². The molecule has 2 aromatic rings. The highest BCUT2D eigenvalue weighted by atomic mass is 32.2. The first kappa shape index (κ1) is 20.5. The summed E-state index contributed by atoms with van der Waals surface area (Å²) >= 11 is 1.32. The van der Waals surface area contributed by atoms with Crippen LogP contribution in [0.25, 0.3) is 10.9 Å². The van der Waals surface area contributed by atoms with Crippen LogP contribution in [-0.2, 0) is 16.1 Å². The van der Waals surface area contributed by atoms with Crippen molar-refractivity contribution in [3.63, 3.8) is 0 Å². The third-order valence-electron chi connectivity index (χ3n) is 3.90. The molecule has 142 valence electrons. The molecule has 0 saturated carbocycles. The Balaban J connectivity index is 2.29. The van der Waals surface area contributed by atoms with E-state index in [2.05, 4.69) is 10.3 Å². The van der Waals surface area contributed by atoms with Crippen LogP contribution in [0.5, 0.6) is 0 Å². The molecule has 0 aliphatic heterocycles. The van der Waals surface area contributed by atoms with Crippen molar-refractivity contribution in [2.45, 2.75) is 50.6 Å². The van der Waals surface area contributed by atoms with Gasteiger partial charge in [0, 0.05) is 26.3 Å². The van der Waals surface area contributed by atoms with E-state index in [4.69, 9.17) is 4.74 Å². The Morgan fingerprint density at radius 2 is 2.12 bits per heavy atom. The van der Waals surface area contributed by atoms with Crippen molar-refractivity contribution in [1.82, 2.24) is 14.9 Å². The fourth-order valence-corrected chi connectivity index (χ4v) is 3.47. The second-order valence-electron chi connectivity index (χ2n) is 5.97. The molecule has 1 heterocycles. The third kappa shape index (κ3) is 5.32. The predicted octanol–water partition coefficient (Wildman–Crippen LogP) is 2.83. The maximum Gasteiger partial charge on any atom is 0.262 e. The zero-order valence-electron chi connectivity index (χ0n) is 15.7. The van der Waals surface area contributed by atoms with Crippen LogP contribution >= 0.6 is 11.8 Å². The topological polar surface area (TPSA) is 73.2 Å². The average Bonchev–Trinajstić information content (AvgIpc) is 2.65. The minimum Gasteiger partial charge on any atom is -0.382 e. The summed E-state index contributed by atoms with van der Waals surface area (Å²) in [6.45, 7) is 8.20. The molecule has 0 bridgehead atoms. The van der Waals surface area contributed by atoms with Gasteiger partial charge in [-0.15, -0.1) is 0 Å². The Morgan fingerprint density at radius 3 is 2.85 bits per heavy atom. The van der Waals surface area contributed by atoms with Gasteiger partial charge < -0.3 is 10.1 Å². The summed E-state index contributed by atoms with van der Waals surface area (Å²) in [5.41, 5.74) is 0.581. The van der Waals surface area contributed by atoms with Gasteiger partial charge in [0.15, 0.2) is 5.16 Å². The van der Waals surface area contributed by atoms with Crippen molar-refractivity contribution in [2.75, 3.05) is 19.8 Å². The van der Waals surface area contributed by atoms with Crippen molar-refractivity contribution in [3.05, 3.63) is 34.6 Å². The molecule has 1 N–H and O–H groups in total. The maximum atomic E-state index is 12.9. The van der Waals surface area contributed by atoms with Gasteiger partial charge in [0.25, 0.3) is 5.56 Å². The van der Waals surface area contributed by atoms with Crippen LogP contribution in [0.15, 0.2) is 34.2 Å². The number of hydrogen-bond donors (Lipinski definition) is 1. The summed E-state index contributed by atoms with van der Waals surface area (Å²) in [6, 6.07) is 7.31. The SMILES string of the molecule is CCCNC(=O)[C@@H](C)Sc1nc2ccccc2c(=O)n1CCCOCC. The van der Waals surface area contributed by atoms with Gasteiger partial charge in [-0.3, -0.25) is 14.2 Å². The van der Waals surface area contributed by atoms with E-state index in [1.807, 2.05) is 39.0 Å². The molecule has 0 spiro atoms. The van der Waals surface area contributed by atoms with Crippen LogP contribution in [0.2, 0.25) is 0 Å². The van der Waals surface area contributed by atoms with Crippen molar-refractivity contribution in [2.24, 2.45) is 0 Å². The Bertz CT molecular complexity index is 791. The third-order valence-corrected chi connectivity index (χ3v) is 4.99. The number of ether oxygens (including phenoxy) is 1. The standard InChI is InChI=1S/C19H27N3O3S/c1-4-11-20-17(23)14(3)26-19-21-16-10-7-6-9-15(16)18(24)22(19)12-8-13-25-5-2/h6-7,9-10,14H,4-5,8,11-13H2,1-3H3,(H,20,23)/t14-/m1/s1. The molecule has 0 saturated heterocycles. The normalized spacial score (nSPS) is 12.3. The molecule has 6 nitrogen and oxygen atoms in total. The smallest absolute Gasteiger partial charge is 0.262 e. The quantitative estimate of drug-likeness (QED) is 0.392. The van der Waals surface area contributed by atoms with Gasteiger partial charge in [-0.25, -0.2) is 4.98 Å². The number of nitrogens with one attached hydrogen (secondary N) is 1. The van der Waals surface area contributed by atoms with Gasteiger partial charge >= 0.3 is 0 Å². The van der Waals surface area contributed by atoms with E-state index in [0.29, 0.717) is 42.4 Å². The number of carbonyl (C=O) groups excluding carboxylic acids is 1. The van der Waals surface area contributed by atoms with E-state index in [9.17, 15) is 9.59 Å². The lowest BCUT2D eigenvalue weighted by molar-refractivity contribution is -0.120. The lowest BCUT2D eigenvalue weighted by Gasteiger charge is -2.16. The summed E-state index contributed by atoms with van der Waals surface area (Å²) in [6.07, 6.45) is 1.61. The van der Waals surface area contributed by atoms with E-state index < -0.39 is 0 Å². The minimum absolute atomic E-state index is 0.0416. The number of fused-ring (bicyclic) bond motifs is 1. The van der Waals surface area contributed by atoms with E-state index >= 15 is 0 Å². The number of aromatic nitrogens is 2. The van der Waals surface area contributed by atoms with Gasteiger partial charge in [0.1, 0.15) is 0 Å². The molecule has 0 aliphatic carbocycles. The van der Waals surface area contributed by atoms with Crippen LogP contribution in [-0.4, -0.2) is 40.5 Å². The Kier molecular flexibility index (Phi) is 8.12. The molecule has 0 aliphatic rings. The predicted molar refractivity (Wildman–Crippen MR) is 106 cm³/mol. The Morgan fingerprint density at radius 1 is 1.35 bits per heavy atom. The lowest BCUT2D eigenvalue weighted by atomic mass is 10.2. The summed E-state index contributed by atoms with van der Waals surface area (Å²) in [7, 11) is 0. The molecule has 1 atom stereocenters. The first-order valence-corrected chi connectivity index (χ1v) is 9.98. The van der Waals surface area contributed by atoms with Gasteiger partial charge in [-0.1, -0.05) is 30.8 Å². The van der Waals surface area contributed by atoms with Crippen LogP contribution in [0, 0.1) is 0 Å². The van der Waals surface area contributed by atoms with E-state index in [1.165, 1.54) is 11.8 Å². The highest BCUT2D eigenvalue weighted by Crippen LogP contribution is 2.22. The van der Waals surface area contributed by atoms with Gasteiger partial charge in [-0.05, 0) is 38.8 Å². The molecule has 26 heavy (non-hydrogen) atoms. The van der Waals surface area contributed by atoms with Gasteiger partial charge in [-0.2, -0.15) is 0 Å². The van der Waals surface area contributed by atoms with E-state index in [1.54, 1.807) is 10.6 Å². The first-order valence-electron chi connectivity index (χ1n) is 9.10. The molecule has 2 rings (SSSR count). The Hall–Kier alpha value is -1.86. The maximum absolute atomic E-state index is 12.9. The fraction of sp³-hybridized carbons (Fsp3) is 0.526. The minimum atomic E-state index is -0.326. The molecule has 1 aromatic heterocycles. The molecule has 1 amide bonds. The number of nitrogens with zero attached hydrogens (tertiary/aromatic N) is 2. The first-order chi connectivity index (χ1) is 12.6. The van der Waals surface area contributed by atoms with Crippen molar-refractivity contribution in [3.8, 4) is 0 Å². The number of benzene rings is 1. The van der Waals surface area contributed by atoms with Crippen LogP contribution in [0.1, 0.15) is 33.6 Å². The molecular formula is C19H27N3O3S. The lowest BCUT2D eigenvalue weighted by Crippen LogP contribution is -2.32. The summed E-state index contributed by atoms with van der Waals surface area (Å²) < 4.78 is 7.04. The molecule has 7 heteroatoms. The second kappa shape index (κ2) is 10.3. The number of hydrogen-bond acceptors (Lipinski definition) is 5. The zero-order valence-corrected chi connectivity index (χ0v) is 16.5. The van der Waals surface area contributed by atoms with E-state index in [0.717, 1.165) is 12.8 Å². The highest BCUT2D eigenvalue weighted by molar-refractivity contribution is 8.00. The number of rotatable bonds is 10. The van der Waals surface area contributed by atoms with Crippen LogP contribution in [0.4, 0.5) is 0 Å². The van der Waals surface area contributed by atoms with Gasteiger partial charge in [0.2, 0.25) is 5.91 Å². The highest BCUT2D eigenvalue weighted by Gasteiger charge is 2.19. The molecule has 0 fully saturated rings. The fourth-order valence-electron chi connectivity index (χ4n) is 2.51. The summed E-state index contributed by atoms with van der Waals surface area (Å²) in [5.74, 6) is -0.0416. The van der Waals surface area contributed by atoms with E-state index in [-0.39, 0.29) is 16.7 Å². The number of carbonyl (C=O) groups is 1. The number of amides is 1. The summed E-state index contributed by atoms with van der Waals surface area (Å²) in [5, 5.41) is 3.73. The Labute approximate surface area is 158 Å². The van der Waals surface area contributed by atoms with Crippen molar-refractivity contribution >= 4 is 28.6 Å². The second-order valence-corrected chi connectivity index (χ2v) is 7.28. The number of thioether (sulfide) groups is 1. The van der Waals surface area contributed by atoms with Gasteiger partial charge in [0.05, 0.1) is 16.2 Å². The molecule has 0 unspecified atom stereocenters. The summed E-state index contributed by atoms with van der Waals surface area (Å²) in [4.78, 5) is 29.7. The molecule has 1 aromatic carbocycles. The van der Waals surface area contributed by atoms with Crippen LogP contribution in [0.3, 0.4) is 0 Å². The largest absolute Gasteiger partial charge is 0.382 e. The molecular weight excluding hydrogens is 350 g/mol. The number of para-hydroxylation sites is 1. The average molecular weight is 378 g/mol. The monoisotopic (exact) mass is 377 g/mol.